The van der Waals surface area contributed by atoms with Gasteiger partial charge in [0.15, 0.2) is 0 Å². The van der Waals surface area contributed by atoms with Gasteiger partial charge < -0.3 is 10.6 Å². The fourth-order valence-electron chi connectivity index (χ4n) is 2.46. The number of carbonyl (C=O) groups excluding carboxylic acids is 1. The summed E-state index contributed by atoms with van der Waals surface area (Å²) < 4.78 is 0. The van der Waals surface area contributed by atoms with Crippen LogP contribution in [0.2, 0.25) is 0 Å². The number of aromatic nitrogens is 2. The van der Waals surface area contributed by atoms with Crippen LogP contribution in [0.15, 0.2) is 27.8 Å². The molecule has 1 saturated heterocycles. The van der Waals surface area contributed by atoms with Gasteiger partial charge in [-0.1, -0.05) is 6.07 Å². The summed E-state index contributed by atoms with van der Waals surface area (Å²) in [6.45, 7) is 0.813. The van der Waals surface area contributed by atoms with Gasteiger partial charge in [0.1, 0.15) is 0 Å². The molecule has 2 aromatic rings. The van der Waals surface area contributed by atoms with Crippen molar-refractivity contribution in [1.29, 1.82) is 0 Å². The van der Waals surface area contributed by atoms with Crippen molar-refractivity contribution in [2.45, 2.75) is 18.9 Å². The number of fused-ring (bicyclic) bond motifs is 1. The van der Waals surface area contributed by atoms with Gasteiger partial charge >= 0.3 is 0 Å². The van der Waals surface area contributed by atoms with Crippen molar-refractivity contribution in [2.24, 2.45) is 0 Å². The van der Waals surface area contributed by atoms with E-state index in [9.17, 15) is 14.4 Å². The number of hydrogen-bond donors (Lipinski definition) is 4. The molecular formula is C13H14N4O3. The molecule has 20 heavy (non-hydrogen) atoms. The van der Waals surface area contributed by atoms with Gasteiger partial charge in [0.25, 0.3) is 11.1 Å². The number of anilines is 1. The molecule has 2 heterocycles. The monoisotopic (exact) mass is 274 g/mol. The third kappa shape index (κ3) is 2.12. The van der Waals surface area contributed by atoms with Crippen LogP contribution in [-0.2, 0) is 4.79 Å². The zero-order valence-corrected chi connectivity index (χ0v) is 10.7. The molecule has 1 aliphatic heterocycles. The van der Waals surface area contributed by atoms with Crippen LogP contribution in [0.25, 0.3) is 10.8 Å². The fraction of sp³-hybridized carbons (Fsp3) is 0.308. The minimum atomic E-state index is -0.435. The highest BCUT2D eigenvalue weighted by atomic mass is 16.2. The van der Waals surface area contributed by atoms with Crippen molar-refractivity contribution in [3.8, 4) is 0 Å². The van der Waals surface area contributed by atoms with Gasteiger partial charge in [0, 0.05) is 0 Å². The molecule has 1 aromatic heterocycles. The van der Waals surface area contributed by atoms with E-state index in [4.69, 9.17) is 0 Å². The molecule has 1 unspecified atom stereocenters. The van der Waals surface area contributed by atoms with Crippen LogP contribution in [0.4, 0.5) is 5.69 Å². The summed E-state index contributed by atoms with van der Waals surface area (Å²) in [6.07, 6.45) is 1.72. The second kappa shape index (κ2) is 4.93. The summed E-state index contributed by atoms with van der Waals surface area (Å²) in [6, 6.07) is 4.55. The molecule has 3 rings (SSSR count). The summed E-state index contributed by atoms with van der Waals surface area (Å²) in [5.41, 5.74) is -0.474. The molecule has 0 radical (unpaired) electrons. The second-order valence-corrected chi connectivity index (χ2v) is 4.77. The van der Waals surface area contributed by atoms with Crippen molar-refractivity contribution in [1.82, 2.24) is 15.5 Å². The van der Waals surface area contributed by atoms with Crippen molar-refractivity contribution in [2.75, 3.05) is 11.9 Å². The first-order chi connectivity index (χ1) is 9.66. The van der Waals surface area contributed by atoms with Crippen LogP contribution < -0.4 is 21.8 Å². The number of rotatable bonds is 2. The Morgan fingerprint density at radius 1 is 1.20 bits per heavy atom. The Hall–Kier alpha value is -2.41. The molecule has 1 fully saturated rings. The molecule has 1 aromatic carbocycles. The Morgan fingerprint density at radius 3 is 2.75 bits per heavy atom. The number of H-pyrrole nitrogens is 2. The largest absolute Gasteiger partial charge is 0.324 e. The molecule has 1 aliphatic rings. The van der Waals surface area contributed by atoms with Crippen molar-refractivity contribution in [3.63, 3.8) is 0 Å². The maximum atomic E-state index is 12.1. The number of hydrogen-bond acceptors (Lipinski definition) is 4. The van der Waals surface area contributed by atoms with E-state index in [0.717, 1.165) is 19.4 Å². The van der Waals surface area contributed by atoms with Crippen LogP contribution in [0, 0.1) is 0 Å². The van der Waals surface area contributed by atoms with Crippen molar-refractivity contribution >= 4 is 22.4 Å². The van der Waals surface area contributed by atoms with E-state index in [1.165, 1.54) is 0 Å². The highest BCUT2D eigenvalue weighted by Crippen LogP contribution is 2.18. The molecule has 0 spiro atoms. The molecule has 0 saturated carbocycles. The lowest BCUT2D eigenvalue weighted by Crippen LogP contribution is -2.36. The Labute approximate surface area is 113 Å². The van der Waals surface area contributed by atoms with Crippen LogP contribution >= 0.6 is 0 Å². The van der Waals surface area contributed by atoms with Gasteiger partial charge in [-0.15, -0.1) is 0 Å². The van der Waals surface area contributed by atoms with Gasteiger partial charge in [0.05, 0.1) is 22.5 Å². The lowest BCUT2D eigenvalue weighted by Gasteiger charge is -2.12. The Bertz CT molecular complexity index is 771. The molecule has 1 atom stereocenters. The quantitative estimate of drug-likeness (QED) is 0.613. The van der Waals surface area contributed by atoms with Crippen LogP contribution in [-0.4, -0.2) is 28.7 Å². The maximum Gasteiger partial charge on any atom is 0.272 e. The topological polar surface area (TPSA) is 107 Å². The van der Waals surface area contributed by atoms with E-state index in [0.29, 0.717) is 5.69 Å². The Balaban J connectivity index is 2.03. The normalized spacial score (nSPS) is 18.3. The SMILES string of the molecule is O=C(Nc1cccc2c(=O)[nH][nH]c(=O)c12)C1CCCN1. The summed E-state index contributed by atoms with van der Waals surface area (Å²) in [4.78, 5) is 35.6. The third-order valence-electron chi connectivity index (χ3n) is 3.46. The number of nitrogens with one attached hydrogen (secondary N) is 4. The van der Waals surface area contributed by atoms with E-state index in [2.05, 4.69) is 20.8 Å². The summed E-state index contributed by atoms with van der Waals surface area (Å²) >= 11 is 0. The predicted octanol–water partition coefficient (Wildman–Crippen LogP) is -0.0931. The molecule has 7 nitrogen and oxygen atoms in total. The number of aromatic amines is 2. The van der Waals surface area contributed by atoms with Gasteiger partial charge in [-0.2, -0.15) is 0 Å². The first kappa shape index (κ1) is 12.6. The zero-order valence-electron chi connectivity index (χ0n) is 10.7. The Kier molecular flexibility index (Phi) is 3.11. The van der Waals surface area contributed by atoms with Crippen molar-refractivity contribution in [3.05, 3.63) is 38.9 Å². The lowest BCUT2D eigenvalue weighted by molar-refractivity contribution is -0.117. The predicted molar refractivity (Wildman–Crippen MR) is 74.8 cm³/mol. The molecule has 7 heteroatoms. The van der Waals surface area contributed by atoms with E-state index in [1.807, 2.05) is 0 Å². The molecule has 0 bridgehead atoms. The third-order valence-corrected chi connectivity index (χ3v) is 3.46. The number of benzene rings is 1. The first-order valence-electron chi connectivity index (χ1n) is 6.45. The first-order valence-corrected chi connectivity index (χ1v) is 6.45. The molecule has 104 valence electrons. The average Bonchev–Trinajstić information content (AvgIpc) is 2.97. The van der Waals surface area contributed by atoms with Crippen LogP contribution in [0.1, 0.15) is 12.8 Å². The summed E-state index contributed by atoms with van der Waals surface area (Å²) in [7, 11) is 0. The fourth-order valence-corrected chi connectivity index (χ4v) is 2.46. The van der Waals surface area contributed by atoms with Gasteiger partial charge in [-0.05, 0) is 31.5 Å². The number of amides is 1. The number of carbonyl (C=O) groups is 1. The summed E-state index contributed by atoms with van der Waals surface area (Å²) in [5, 5.41) is 10.8. The Morgan fingerprint density at radius 2 is 2.00 bits per heavy atom. The second-order valence-electron chi connectivity index (χ2n) is 4.77. The minimum Gasteiger partial charge on any atom is -0.324 e. The van der Waals surface area contributed by atoms with Crippen LogP contribution in [0.5, 0.6) is 0 Å². The standard InChI is InChI=1S/C13H14N4O3/c18-11-7-3-1-4-8(10(7)13(20)17-16-11)15-12(19)9-5-2-6-14-9/h1,3-4,9,14H,2,5-6H2,(H,15,19)(H,16,18)(H,17,20). The lowest BCUT2D eigenvalue weighted by atomic mass is 10.1. The van der Waals surface area contributed by atoms with E-state index < -0.39 is 11.1 Å². The van der Waals surface area contributed by atoms with Gasteiger partial charge in [-0.3, -0.25) is 24.6 Å². The molecule has 0 aliphatic carbocycles. The minimum absolute atomic E-state index is 0.185. The van der Waals surface area contributed by atoms with Gasteiger partial charge in [0.2, 0.25) is 5.91 Å². The van der Waals surface area contributed by atoms with Crippen molar-refractivity contribution < 1.29 is 4.79 Å². The maximum absolute atomic E-state index is 12.1. The van der Waals surface area contributed by atoms with Gasteiger partial charge in [-0.25, -0.2) is 0 Å². The van der Waals surface area contributed by atoms with E-state index >= 15 is 0 Å². The average molecular weight is 274 g/mol. The zero-order chi connectivity index (χ0) is 14.1. The van der Waals surface area contributed by atoms with E-state index in [1.54, 1.807) is 18.2 Å². The highest BCUT2D eigenvalue weighted by Gasteiger charge is 2.22. The highest BCUT2D eigenvalue weighted by molar-refractivity contribution is 6.03. The summed E-state index contributed by atoms with van der Waals surface area (Å²) in [5.74, 6) is -0.185. The molecule has 4 N–H and O–H groups in total. The molecule has 1 amide bonds. The van der Waals surface area contributed by atoms with E-state index in [-0.39, 0.29) is 22.7 Å². The smallest absolute Gasteiger partial charge is 0.272 e. The van der Waals surface area contributed by atoms with Crippen LogP contribution in [0.3, 0.4) is 0 Å². The molecular weight excluding hydrogens is 260 g/mol.